The molecule has 31 heavy (non-hydrogen) atoms. The third-order valence-electron chi connectivity index (χ3n) is 5.53. The molecule has 2 heterocycles. The van der Waals surface area contributed by atoms with Crippen LogP contribution < -0.4 is 15.5 Å². The third kappa shape index (κ3) is 6.44. The van der Waals surface area contributed by atoms with E-state index in [1.807, 2.05) is 49.1 Å². The number of rotatable bonds is 5. The molecular weight excluding hydrogens is 390 g/mol. The lowest BCUT2D eigenvalue weighted by Crippen LogP contribution is -2.35. The molecular formula is C24H33N5O2. The van der Waals surface area contributed by atoms with Crippen molar-refractivity contribution >= 4 is 29.1 Å². The third-order valence-corrected chi connectivity index (χ3v) is 5.53. The first-order valence-electron chi connectivity index (χ1n) is 11.0. The van der Waals surface area contributed by atoms with Crippen LogP contribution in [0.5, 0.6) is 0 Å². The molecule has 1 aromatic heterocycles. The van der Waals surface area contributed by atoms with Crippen molar-refractivity contribution in [2.75, 3.05) is 41.7 Å². The summed E-state index contributed by atoms with van der Waals surface area (Å²) >= 11 is 0. The number of carbonyl (C=O) groups is 2. The Morgan fingerprint density at radius 2 is 1.71 bits per heavy atom. The Hall–Kier alpha value is -3.09. The van der Waals surface area contributed by atoms with Crippen LogP contribution in [0.4, 0.5) is 22.0 Å². The Morgan fingerprint density at radius 3 is 2.39 bits per heavy atom. The molecule has 3 amide bonds. The second kappa shape index (κ2) is 10.3. The molecule has 166 valence electrons. The summed E-state index contributed by atoms with van der Waals surface area (Å²) in [7, 11) is 0. The Labute approximate surface area is 184 Å². The zero-order chi connectivity index (χ0) is 22.4. The number of urea groups is 1. The van der Waals surface area contributed by atoms with E-state index in [1.54, 1.807) is 6.20 Å². The van der Waals surface area contributed by atoms with Crippen molar-refractivity contribution in [2.24, 2.45) is 5.92 Å². The molecule has 1 aliphatic rings. The van der Waals surface area contributed by atoms with Gasteiger partial charge in [-0.2, -0.15) is 0 Å². The van der Waals surface area contributed by atoms with Crippen LogP contribution in [0.25, 0.3) is 0 Å². The molecule has 1 saturated heterocycles. The first-order valence-corrected chi connectivity index (χ1v) is 11.0. The monoisotopic (exact) mass is 423 g/mol. The number of carbonyl (C=O) groups excluding carboxylic acids is 2. The highest BCUT2D eigenvalue weighted by atomic mass is 16.2. The first-order chi connectivity index (χ1) is 14.8. The van der Waals surface area contributed by atoms with E-state index < -0.39 is 0 Å². The Balaban J connectivity index is 1.54. The number of hydrogen-bond donors (Lipinski definition) is 2. The number of amides is 3. The molecule has 3 rings (SSSR count). The van der Waals surface area contributed by atoms with Crippen LogP contribution in [-0.4, -0.2) is 48.0 Å². The van der Waals surface area contributed by atoms with Gasteiger partial charge in [-0.05, 0) is 61.6 Å². The molecule has 0 bridgehead atoms. The van der Waals surface area contributed by atoms with Crippen molar-refractivity contribution in [3.8, 4) is 0 Å². The van der Waals surface area contributed by atoms with Crippen LogP contribution in [0.1, 0.15) is 37.8 Å². The van der Waals surface area contributed by atoms with E-state index in [-0.39, 0.29) is 11.9 Å². The first kappa shape index (κ1) is 22.6. The van der Waals surface area contributed by atoms with Crippen LogP contribution in [0, 0.1) is 19.8 Å². The number of hydrogen-bond acceptors (Lipinski definition) is 4. The fourth-order valence-electron chi connectivity index (χ4n) is 3.63. The molecule has 0 radical (unpaired) electrons. The van der Waals surface area contributed by atoms with Gasteiger partial charge >= 0.3 is 6.03 Å². The highest BCUT2D eigenvalue weighted by molar-refractivity contribution is 5.99. The fraction of sp³-hybridized carbons (Fsp3) is 0.458. The predicted octanol–water partition coefficient (Wildman–Crippen LogP) is 4.43. The standard InChI is InChI=1S/C24H33N5O2/c1-17(2)14-23(30)29-11-5-10-28(12-13-29)22-9-8-21(16-25-22)27-24(31)26-20-7-6-18(3)19(4)15-20/h6-9,15-17H,5,10-14H2,1-4H3,(H2,26,27,31). The highest BCUT2D eigenvalue weighted by Gasteiger charge is 2.20. The average molecular weight is 424 g/mol. The number of aromatic nitrogens is 1. The minimum Gasteiger partial charge on any atom is -0.355 e. The van der Waals surface area contributed by atoms with Crippen molar-refractivity contribution < 1.29 is 9.59 Å². The van der Waals surface area contributed by atoms with Crippen LogP contribution in [0.3, 0.4) is 0 Å². The molecule has 0 atom stereocenters. The van der Waals surface area contributed by atoms with E-state index in [9.17, 15) is 9.59 Å². The molecule has 0 spiro atoms. The molecule has 1 aromatic carbocycles. The van der Waals surface area contributed by atoms with Gasteiger partial charge in [0.25, 0.3) is 0 Å². The minimum absolute atomic E-state index is 0.235. The second-order valence-corrected chi connectivity index (χ2v) is 8.60. The lowest BCUT2D eigenvalue weighted by Gasteiger charge is -2.23. The summed E-state index contributed by atoms with van der Waals surface area (Å²) in [5.74, 6) is 1.47. The van der Waals surface area contributed by atoms with Gasteiger partial charge < -0.3 is 20.4 Å². The number of nitrogens with zero attached hydrogens (tertiary/aromatic N) is 3. The Morgan fingerprint density at radius 1 is 0.968 bits per heavy atom. The van der Waals surface area contributed by atoms with Gasteiger partial charge in [-0.25, -0.2) is 9.78 Å². The SMILES string of the molecule is Cc1ccc(NC(=O)Nc2ccc(N3CCCN(C(=O)CC(C)C)CC3)nc2)cc1C. The lowest BCUT2D eigenvalue weighted by molar-refractivity contribution is -0.131. The fourth-order valence-corrected chi connectivity index (χ4v) is 3.63. The molecule has 0 unspecified atom stereocenters. The molecule has 2 aromatic rings. The maximum Gasteiger partial charge on any atom is 0.323 e. The predicted molar refractivity (Wildman–Crippen MR) is 126 cm³/mol. The quantitative estimate of drug-likeness (QED) is 0.746. The Kier molecular flexibility index (Phi) is 7.50. The maximum atomic E-state index is 12.4. The number of anilines is 3. The zero-order valence-electron chi connectivity index (χ0n) is 18.9. The normalized spacial score (nSPS) is 14.4. The maximum absolute atomic E-state index is 12.4. The van der Waals surface area contributed by atoms with Gasteiger partial charge in [0, 0.05) is 38.3 Å². The van der Waals surface area contributed by atoms with Gasteiger partial charge in [0.2, 0.25) is 5.91 Å². The Bertz CT molecular complexity index is 911. The average Bonchev–Trinajstić information content (AvgIpc) is 2.97. The van der Waals surface area contributed by atoms with Crippen molar-refractivity contribution in [3.63, 3.8) is 0 Å². The summed E-state index contributed by atoms with van der Waals surface area (Å²) in [5, 5.41) is 5.67. The van der Waals surface area contributed by atoms with Gasteiger partial charge in [0.15, 0.2) is 0 Å². The van der Waals surface area contributed by atoms with Gasteiger partial charge in [-0.1, -0.05) is 19.9 Å². The van der Waals surface area contributed by atoms with Crippen LogP contribution in [0.15, 0.2) is 36.5 Å². The molecule has 0 aliphatic carbocycles. The number of pyridine rings is 1. The van der Waals surface area contributed by atoms with E-state index in [4.69, 9.17) is 0 Å². The van der Waals surface area contributed by atoms with Crippen molar-refractivity contribution in [1.82, 2.24) is 9.88 Å². The smallest absolute Gasteiger partial charge is 0.323 e. The van der Waals surface area contributed by atoms with Gasteiger partial charge in [0.1, 0.15) is 5.82 Å². The molecule has 7 heteroatoms. The van der Waals surface area contributed by atoms with Gasteiger partial charge in [-0.3, -0.25) is 4.79 Å². The largest absolute Gasteiger partial charge is 0.355 e. The second-order valence-electron chi connectivity index (χ2n) is 8.60. The number of aryl methyl sites for hydroxylation is 2. The van der Waals surface area contributed by atoms with E-state index in [0.717, 1.165) is 43.1 Å². The summed E-state index contributed by atoms with van der Waals surface area (Å²) in [6.07, 6.45) is 3.19. The van der Waals surface area contributed by atoms with Gasteiger partial charge in [-0.15, -0.1) is 0 Å². The van der Waals surface area contributed by atoms with E-state index in [2.05, 4.69) is 34.4 Å². The molecule has 1 aliphatic heterocycles. The summed E-state index contributed by atoms with van der Waals surface area (Å²) in [5.41, 5.74) is 3.71. The van der Waals surface area contributed by atoms with Crippen LogP contribution in [0.2, 0.25) is 0 Å². The van der Waals surface area contributed by atoms with E-state index in [0.29, 0.717) is 24.6 Å². The summed E-state index contributed by atoms with van der Waals surface area (Å²) < 4.78 is 0. The van der Waals surface area contributed by atoms with Crippen molar-refractivity contribution in [2.45, 2.75) is 40.5 Å². The molecule has 0 saturated carbocycles. The van der Waals surface area contributed by atoms with E-state index >= 15 is 0 Å². The van der Waals surface area contributed by atoms with Crippen LogP contribution in [-0.2, 0) is 4.79 Å². The lowest BCUT2D eigenvalue weighted by atomic mass is 10.1. The number of nitrogens with one attached hydrogen (secondary N) is 2. The van der Waals surface area contributed by atoms with E-state index in [1.165, 1.54) is 5.56 Å². The van der Waals surface area contributed by atoms with Crippen LogP contribution >= 0.6 is 0 Å². The summed E-state index contributed by atoms with van der Waals surface area (Å²) in [6.45, 7) is 11.3. The highest BCUT2D eigenvalue weighted by Crippen LogP contribution is 2.18. The summed E-state index contributed by atoms with van der Waals surface area (Å²) in [4.78, 5) is 33.3. The topological polar surface area (TPSA) is 77.6 Å². The molecule has 7 nitrogen and oxygen atoms in total. The van der Waals surface area contributed by atoms with Crippen molar-refractivity contribution in [1.29, 1.82) is 0 Å². The van der Waals surface area contributed by atoms with Crippen molar-refractivity contribution in [3.05, 3.63) is 47.7 Å². The summed E-state index contributed by atoms with van der Waals surface area (Å²) in [6, 6.07) is 9.29. The van der Waals surface area contributed by atoms with Gasteiger partial charge in [0.05, 0.1) is 11.9 Å². The molecule has 2 N–H and O–H groups in total. The minimum atomic E-state index is -0.299. The molecule has 1 fully saturated rings. The zero-order valence-corrected chi connectivity index (χ0v) is 18.9. The number of benzene rings is 1.